The number of aromatic nitrogens is 2. The molecule has 0 spiro atoms. The van der Waals surface area contributed by atoms with Gasteiger partial charge in [0.1, 0.15) is 11.9 Å². The molecule has 32 heavy (non-hydrogen) atoms. The highest BCUT2D eigenvalue weighted by Crippen LogP contribution is 2.34. The van der Waals surface area contributed by atoms with Crippen LogP contribution in [0.5, 0.6) is 5.75 Å². The zero-order valence-corrected chi connectivity index (χ0v) is 17.7. The topological polar surface area (TPSA) is 47.5 Å². The Morgan fingerprint density at radius 2 is 1.88 bits per heavy atom. The fraction of sp³-hybridized carbons (Fsp3) is 0.333. The molecule has 4 rings (SSSR count). The third-order valence-corrected chi connectivity index (χ3v) is 5.52. The van der Waals surface area contributed by atoms with Crippen molar-refractivity contribution in [2.75, 3.05) is 33.4 Å². The number of hydrogen-bond donors (Lipinski definition) is 0. The average Bonchev–Trinajstić information content (AvgIpc) is 2.83. The summed E-state index contributed by atoms with van der Waals surface area (Å²) in [6.07, 6.45) is -0.872. The number of halogens is 3. The maximum Gasteiger partial charge on any atom is 0.416 e. The van der Waals surface area contributed by atoms with Crippen LogP contribution in [-0.2, 0) is 17.3 Å². The number of morpholine rings is 1. The third kappa shape index (κ3) is 5.26. The van der Waals surface area contributed by atoms with Crippen molar-refractivity contribution in [1.29, 1.82) is 0 Å². The molecule has 5 nitrogen and oxygen atoms in total. The molecule has 3 aromatic rings. The Hall–Kier alpha value is -2.97. The minimum atomic E-state index is -4.42. The number of alkyl halides is 3. The maximum atomic E-state index is 13.2. The number of rotatable bonds is 6. The molecule has 1 aromatic heterocycles. The van der Waals surface area contributed by atoms with Crippen LogP contribution >= 0.6 is 0 Å². The SMILES string of the molecule is COc1ccc(CCN2CCOC(c3nccnc3-c3cccc(C(F)(F)F)c3)C2)cc1. The van der Waals surface area contributed by atoms with Crippen molar-refractivity contribution in [3.8, 4) is 17.0 Å². The van der Waals surface area contributed by atoms with E-state index in [1.165, 1.54) is 17.8 Å². The van der Waals surface area contributed by atoms with Crippen molar-refractivity contribution in [2.45, 2.75) is 18.7 Å². The van der Waals surface area contributed by atoms with Crippen LogP contribution in [0.4, 0.5) is 13.2 Å². The molecular formula is C24H24F3N3O2. The molecule has 1 aliphatic heterocycles. The van der Waals surface area contributed by atoms with Gasteiger partial charge in [-0.2, -0.15) is 13.2 Å². The highest BCUT2D eigenvalue weighted by atomic mass is 19.4. The first-order chi connectivity index (χ1) is 15.4. The van der Waals surface area contributed by atoms with Gasteiger partial charge in [0.05, 0.1) is 30.7 Å². The summed E-state index contributed by atoms with van der Waals surface area (Å²) in [4.78, 5) is 11.1. The smallest absolute Gasteiger partial charge is 0.416 e. The molecule has 0 amide bonds. The molecule has 1 aliphatic rings. The van der Waals surface area contributed by atoms with Crippen LogP contribution in [0.3, 0.4) is 0 Å². The second-order valence-corrected chi connectivity index (χ2v) is 7.63. The van der Waals surface area contributed by atoms with Gasteiger partial charge in [0.2, 0.25) is 0 Å². The molecule has 8 heteroatoms. The lowest BCUT2D eigenvalue weighted by molar-refractivity contribution is -0.137. The zero-order chi connectivity index (χ0) is 22.6. The Kier molecular flexibility index (Phi) is 6.72. The maximum absolute atomic E-state index is 13.2. The quantitative estimate of drug-likeness (QED) is 0.549. The van der Waals surface area contributed by atoms with Gasteiger partial charge in [-0.1, -0.05) is 24.3 Å². The second-order valence-electron chi connectivity index (χ2n) is 7.63. The Bertz CT molecular complexity index is 1040. The average molecular weight is 443 g/mol. The number of benzene rings is 2. The van der Waals surface area contributed by atoms with Crippen molar-refractivity contribution in [2.24, 2.45) is 0 Å². The van der Waals surface area contributed by atoms with E-state index in [4.69, 9.17) is 9.47 Å². The minimum absolute atomic E-state index is 0.363. The molecular weight excluding hydrogens is 419 g/mol. The number of ether oxygens (including phenoxy) is 2. The predicted octanol–water partition coefficient (Wildman–Crippen LogP) is 4.79. The zero-order valence-electron chi connectivity index (χ0n) is 17.7. The van der Waals surface area contributed by atoms with Gasteiger partial charge in [0, 0.05) is 37.6 Å². The largest absolute Gasteiger partial charge is 0.497 e. The van der Waals surface area contributed by atoms with E-state index < -0.39 is 11.7 Å². The molecule has 2 aromatic carbocycles. The molecule has 0 bridgehead atoms. The van der Waals surface area contributed by atoms with E-state index in [1.807, 2.05) is 24.3 Å². The summed E-state index contributed by atoms with van der Waals surface area (Å²) in [5.41, 5.74) is 1.85. The van der Waals surface area contributed by atoms with Crippen LogP contribution in [0.25, 0.3) is 11.3 Å². The van der Waals surface area contributed by atoms with E-state index in [-0.39, 0.29) is 6.10 Å². The molecule has 0 saturated carbocycles. The van der Waals surface area contributed by atoms with Crippen LogP contribution in [0.15, 0.2) is 60.9 Å². The minimum Gasteiger partial charge on any atom is -0.497 e. The van der Waals surface area contributed by atoms with Gasteiger partial charge in [0.25, 0.3) is 0 Å². The summed E-state index contributed by atoms with van der Waals surface area (Å²) in [5.74, 6) is 0.824. The fourth-order valence-electron chi connectivity index (χ4n) is 3.80. The summed E-state index contributed by atoms with van der Waals surface area (Å²) in [6, 6.07) is 13.1. The predicted molar refractivity (Wildman–Crippen MR) is 114 cm³/mol. The molecule has 1 fully saturated rings. The van der Waals surface area contributed by atoms with Gasteiger partial charge in [0.15, 0.2) is 0 Å². The molecule has 0 aliphatic carbocycles. The number of nitrogens with zero attached hydrogens (tertiary/aromatic N) is 3. The molecule has 168 valence electrons. The van der Waals surface area contributed by atoms with E-state index in [2.05, 4.69) is 14.9 Å². The summed E-state index contributed by atoms with van der Waals surface area (Å²) in [6.45, 7) is 2.74. The Labute approximate surface area is 184 Å². The lowest BCUT2D eigenvalue weighted by Crippen LogP contribution is -2.39. The molecule has 2 heterocycles. The van der Waals surface area contributed by atoms with Crippen molar-refractivity contribution in [3.05, 3.63) is 77.7 Å². The molecule has 0 radical (unpaired) electrons. The summed E-state index contributed by atoms with van der Waals surface area (Å²) < 4.78 is 50.7. The highest BCUT2D eigenvalue weighted by Gasteiger charge is 2.31. The monoisotopic (exact) mass is 443 g/mol. The number of methoxy groups -OCH3 is 1. The first-order valence-electron chi connectivity index (χ1n) is 10.4. The lowest BCUT2D eigenvalue weighted by atomic mass is 10.0. The first-order valence-corrected chi connectivity index (χ1v) is 10.4. The Morgan fingerprint density at radius 3 is 2.62 bits per heavy atom. The fourth-order valence-corrected chi connectivity index (χ4v) is 3.80. The van der Waals surface area contributed by atoms with Crippen LogP contribution < -0.4 is 4.74 Å². The van der Waals surface area contributed by atoms with Gasteiger partial charge in [-0.05, 0) is 36.2 Å². The Morgan fingerprint density at radius 1 is 1.09 bits per heavy atom. The molecule has 1 unspecified atom stereocenters. The normalized spacial score (nSPS) is 17.3. The van der Waals surface area contributed by atoms with Crippen LogP contribution in [0.2, 0.25) is 0 Å². The van der Waals surface area contributed by atoms with E-state index in [0.29, 0.717) is 30.1 Å². The van der Waals surface area contributed by atoms with Crippen LogP contribution in [0.1, 0.15) is 22.9 Å². The van der Waals surface area contributed by atoms with E-state index in [1.54, 1.807) is 19.4 Å². The summed E-state index contributed by atoms with van der Waals surface area (Å²) in [5, 5.41) is 0. The second kappa shape index (κ2) is 9.67. The molecule has 1 saturated heterocycles. The van der Waals surface area contributed by atoms with E-state index in [9.17, 15) is 13.2 Å². The lowest BCUT2D eigenvalue weighted by Gasteiger charge is -2.33. The Balaban J connectivity index is 1.49. The van der Waals surface area contributed by atoms with E-state index >= 15 is 0 Å². The first kappa shape index (κ1) is 22.2. The van der Waals surface area contributed by atoms with Gasteiger partial charge in [-0.15, -0.1) is 0 Å². The van der Waals surface area contributed by atoms with Crippen molar-refractivity contribution in [3.63, 3.8) is 0 Å². The summed E-state index contributed by atoms with van der Waals surface area (Å²) >= 11 is 0. The molecule has 1 atom stereocenters. The van der Waals surface area contributed by atoms with Crippen LogP contribution in [-0.4, -0.2) is 48.2 Å². The van der Waals surface area contributed by atoms with Gasteiger partial charge in [-0.25, -0.2) is 0 Å². The van der Waals surface area contributed by atoms with Gasteiger partial charge >= 0.3 is 6.18 Å². The van der Waals surface area contributed by atoms with Crippen LogP contribution in [0, 0.1) is 0 Å². The van der Waals surface area contributed by atoms with Crippen molar-refractivity contribution < 1.29 is 22.6 Å². The number of hydrogen-bond acceptors (Lipinski definition) is 5. The molecule has 0 N–H and O–H groups in total. The van der Waals surface area contributed by atoms with E-state index in [0.717, 1.165) is 37.4 Å². The standard InChI is InChI=1S/C24H24F3N3O2/c1-31-20-7-5-17(6-8-20)9-12-30-13-14-32-21(16-30)23-22(28-10-11-29-23)18-3-2-4-19(15-18)24(25,26)27/h2-8,10-11,15,21H,9,12-14,16H2,1H3. The van der Waals surface area contributed by atoms with Crippen molar-refractivity contribution >= 4 is 0 Å². The van der Waals surface area contributed by atoms with Crippen molar-refractivity contribution in [1.82, 2.24) is 14.9 Å². The summed E-state index contributed by atoms with van der Waals surface area (Å²) in [7, 11) is 1.64. The highest BCUT2D eigenvalue weighted by molar-refractivity contribution is 5.63. The van der Waals surface area contributed by atoms with Gasteiger partial charge in [-0.3, -0.25) is 14.9 Å². The third-order valence-electron chi connectivity index (χ3n) is 5.52. The van der Waals surface area contributed by atoms with Gasteiger partial charge < -0.3 is 9.47 Å².